The number of para-hydroxylation sites is 2. The van der Waals surface area contributed by atoms with E-state index in [0.29, 0.717) is 29.9 Å². The van der Waals surface area contributed by atoms with Gasteiger partial charge in [-0.3, -0.25) is 4.55 Å². The van der Waals surface area contributed by atoms with E-state index in [9.17, 15) is 36.2 Å². The maximum Gasteiger partial charge on any atom is 2.00 e. The SMILES string of the molecule is CCCCCCCCc1cc(O)c(S(=O)(=O)O)c(Oc2ccccc2)c1.CCCCCCCCc1cc([O-])c(S(=O)(=O)[O-])c(Oc2ccccc2)c1.[Ca+2]. The number of hydrogen-bond acceptors (Lipinski definition) is 9. The maximum absolute atomic E-state index is 12.2. The van der Waals surface area contributed by atoms with Crippen molar-refractivity contribution in [3.63, 3.8) is 0 Å². The van der Waals surface area contributed by atoms with E-state index in [2.05, 4.69) is 13.8 Å². The van der Waals surface area contributed by atoms with Gasteiger partial charge >= 0.3 is 47.9 Å². The second kappa shape index (κ2) is 23.8. The summed E-state index contributed by atoms with van der Waals surface area (Å²) in [5.74, 6) is -0.780. The molecule has 4 aromatic rings. The number of ether oxygens (including phenoxy) is 2. The molecular formula is C40H50CaO10S2. The Hall–Kier alpha value is -2.84. The van der Waals surface area contributed by atoms with Gasteiger partial charge in [-0.15, -0.1) is 0 Å². The molecule has 53 heavy (non-hydrogen) atoms. The first kappa shape index (κ1) is 46.3. The van der Waals surface area contributed by atoms with Gasteiger partial charge in [0.2, 0.25) is 0 Å². The molecule has 0 aliphatic rings. The Balaban J connectivity index is 0.000000360. The van der Waals surface area contributed by atoms with Gasteiger partial charge in [-0.25, -0.2) is 8.42 Å². The van der Waals surface area contributed by atoms with E-state index in [0.717, 1.165) is 44.1 Å². The number of aryl methyl sites for hydroxylation is 2. The molecule has 13 heteroatoms. The van der Waals surface area contributed by atoms with E-state index >= 15 is 0 Å². The number of aromatic hydroxyl groups is 1. The van der Waals surface area contributed by atoms with Crippen molar-refractivity contribution < 1.29 is 45.6 Å². The number of benzene rings is 4. The summed E-state index contributed by atoms with van der Waals surface area (Å²) >= 11 is 0. The van der Waals surface area contributed by atoms with Crippen molar-refractivity contribution >= 4 is 58.0 Å². The molecule has 0 atom stereocenters. The van der Waals surface area contributed by atoms with Gasteiger partial charge < -0.3 is 24.2 Å². The molecule has 10 nitrogen and oxygen atoms in total. The minimum Gasteiger partial charge on any atom is -0.872 e. The maximum atomic E-state index is 12.2. The van der Waals surface area contributed by atoms with Gasteiger partial charge in [0.25, 0.3) is 0 Å². The summed E-state index contributed by atoms with van der Waals surface area (Å²) in [6.45, 7) is 4.34. The number of hydrogen-bond donors (Lipinski definition) is 2. The average Bonchev–Trinajstić information content (AvgIpc) is 3.07. The minimum absolute atomic E-state index is 0. The standard InChI is InChI=1S/2C20H26O5S.Ca/c2*1-2-3-4-5-6-8-11-16-14-18(21)20(26(22,23)24)19(15-16)25-17-12-9-7-10-13-17;/h2*7,9-10,12-15,21H,2-6,8,11H2,1H3,(H,22,23,24);/q;;+2/p-2. The fraction of sp³-hybridized carbons (Fsp3) is 0.400. The molecular weight excluding hydrogens is 745 g/mol. The largest absolute Gasteiger partial charge is 2.00 e. The van der Waals surface area contributed by atoms with Crippen LogP contribution in [-0.2, 0) is 33.1 Å². The third-order valence-corrected chi connectivity index (χ3v) is 10.1. The molecule has 0 bridgehead atoms. The van der Waals surface area contributed by atoms with Crippen LogP contribution in [0.25, 0.3) is 0 Å². The second-order valence-electron chi connectivity index (χ2n) is 12.7. The number of phenols is 1. The molecule has 0 radical (unpaired) electrons. The van der Waals surface area contributed by atoms with E-state index < -0.39 is 41.5 Å². The van der Waals surface area contributed by atoms with Crippen LogP contribution in [0.3, 0.4) is 0 Å². The van der Waals surface area contributed by atoms with Crippen LogP contribution in [0.1, 0.15) is 102 Å². The van der Waals surface area contributed by atoms with Gasteiger partial charge in [0.15, 0.2) is 10.6 Å². The molecule has 4 aromatic carbocycles. The topological polar surface area (TPSA) is 173 Å². The summed E-state index contributed by atoms with van der Waals surface area (Å²) in [5.41, 5.74) is 1.46. The summed E-state index contributed by atoms with van der Waals surface area (Å²) < 4.78 is 78.4. The van der Waals surface area contributed by atoms with Crippen molar-refractivity contribution in [3.05, 3.63) is 96.1 Å². The minimum atomic E-state index is -4.92. The summed E-state index contributed by atoms with van der Waals surface area (Å²) in [5, 5.41) is 22.4. The molecule has 0 aliphatic heterocycles. The summed E-state index contributed by atoms with van der Waals surface area (Å²) in [6.07, 6.45) is 14.9. The van der Waals surface area contributed by atoms with Gasteiger partial charge in [-0.05, 0) is 79.3 Å². The molecule has 0 heterocycles. The predicted octanol–water partition coefficient (Wildman–Crippen LogP) is 9.31. The molecule has 0 saturated heterocycles. The molecule has 284 valence electrons. The zero-order valence-corrected chi connectivity index (χ0v) is 34.5. The summed E-state index contributed by atoms with van der Waals surface area (Å²) in [6, 6.07) is 22.8. The van der Waals surface area contributed by atoms with E-state index in [1.54, 1.807) is 60.7 Å². The molecule has 0 saturated carbocycles. The van der Waals surface area contributed by atoms with Gasteiger partial charge in [0.05, 0.1) is 4.90 Å². The van der Waals surface area contributed by atoms with Gasteiger partial charge in [-0.1, -0.05) is 126 Å². The number of unbranched alkanes of at least 4 members (excludes halogenated alkanes) is 10. The average molecular weight is 795 g/mol. The van der Waals surface area contributed by atoms with Crippen molar-refractivity contribution in [2.24, 2.45) is 0 Å². The van der Waals surface area contributed by atoms with Gasteiger partial charge in [-0.2, -0.15) is 8.42 Å². The van der Waals surface area contributed by atoms with Crippen LogP contribution in [0.4, 0.5) is 0 Å². The van der Waals surface area contributed by atoms with Crippen LogP contribution in [0.2, 0.25) is 0 Å². The van der Waals surface area contributed by atoms with Crippen LogP contribution < -0.4 is 14.6 Å². The predicted molar refractivity (Wildman–Crippen MR) is 205 cm³/mol. The van der Waals surface area contributed by atoms with Crippen molar-refractivity contribution in [2.45, 2.75) is 114 Å². The number of phenolic OH excluding ortho intramolecular Hbond substituents is 1. The Labute approximate surface area is 345 Å². The van der Waals surface area contributed by atoms with Crippen LogP contribution in [-0.4, -0.2) is 68.8 Å². The second-order valence-corrected chi connectivity index (χ2v) is 15.3. The fourth-order valence-electron chi connectivity index (χ4n) is 5.67. The summed E-state index contributed by atoms with van der Waals surface area (Å²) in [7, 11) is -9.54. The third kappa shape index (κ3) is 16.6. The van der Waals surface area contributed by atoms with Crippen LogP contribution in [0, 0.1) is 0 Å². The molecule has 0 spiro atoms. The quantitative estimate of drug-likeness (QED) is 0.0499. The Morgan fingerprint density at radius 3 is 1.40 bits per heavy atom. The normalized spacial score (nSPS) is 11.2. The van der Waals surface area contributed by atoms with Crippen LogP contribution >= 0.6 is 0 Å². The fourth-order valence-corrected chi connectivity index (χ4v) is 7.00. The van der Waals surface area contributed by atoms with Crippen LogP contribution in [0.5, 0.6) is 34.5 Å². The molecule has 0 fully saturated rings. The van der Waals surface area contributed by atoms with E-state index in [1.165, 1.54) is 56.7 Å². The van der Waals surface area contributed by atoms with Crippen molar-refractivity contribution in [1.29, 1.82) is 0 Å². The zero-order chi connectivity index (χ0) is 38.0. The third-order valence-electron chi connectivity index (χ3n) is 8.26. The molecule has 2 N–H and O–H groups in total. The molecule has 0 aliphatic carbocycles. The first-order valence-corrected chi connectivity index (χ1v) is 20.8. The molecule has 0 unspecified atom stereocenters. The van der Waals surface area contributed by atoms with Crippen molar-refractivity contribution in [1.82, 2.24) is 0 Å². The first-order chi connectivity index (χ1) is 24.8. The molecule has 0 amide bonds. The Morgan fingerprint density at radius 1 is 0.585 bits per heavy atom. The first-order valence-electron chi connectivity index (χ1n) is 17.9. The summed E-state index contributed by atoms with van der Waals surface area (Å²) in [4.78, 5) is -1.43. The van der Waals surface area contributed by atoms with Crippen molar-refractivity contribution in [2.75, 3.05) is 0 Å². The Morgan fingerprint density at radius 2 is 0.981 bits per heavy atom. The van der Waals surface area contributed by atoms with Gasteiger partial charge in [0.1, 0.15) is 33.1 Å². The van der Waals surface area contributed by atoms with E-state index in [1.807, 2.05) is 6.07 Å². The molecule has 0 aromatic heterocycles. The smallest absolute Gasteiger partial charge is 0.872 e. The van der Waals surface area contributed by atoms with Crippen molar-refractivity contribution in [3.8, 4) is 34.5 Å². The van der Waals surface area contributed by atoms with Crippen LogP contribution in [0.15, 0.2) is 94.7 Å². The number of rotatable bonds is 20. The van der Waals surface area contributed by atoms with Gasteiger partial charge in [0, 0.05) is 0 Å². The molecule has 4 rings (SSSR count). The monoisotopic (exact) mass is 794 g/mol. The van der Waals surface area contributed by atoms with E-state index in [-0.39, 0.29) is 49.2 Å². The Kier molecular flexibility index (Phi) is 20.8. The zero-order valence-electron chi connectivity index (χ0n) is 30.7. The van der Waals surface area contributed by atoms with E-state index in [4.69, 9.17) is 9.47 Å². The Bertz CT molecular complexity index is 1750.